The van der Waals surface area contributed by atoms with Gasteiger partial charge in [-0.05, 0) is 30.5 Å². The van der Waals surface area contributed by atoms with Gasteiger partial charge < -0.3 is 5.32 Å². The molecule has 0 spiro atoms. The summed E-state index contributed by atoms with van der Waals surface area (Å²) >= 11 is 1.33. The topological polar surface area (TPSA) is 37.8 Å². The fourth-order valence-electron chi connectivity index (χ4n) is 2.09. The van der Waals surface area contributed by atoms with Crippen molar-refractivity contribution in [1.29, 1.82) is 0 Å². The van der Waals surface area contributed by atoms with Crippen molar-refractivity contribution in [1.82, 2.24) is 9.97 Å². The van der Waals surface area contributed by atoms with E-state index in [4.69, 9.17) is 0 Å². The zero-order chi connectivity index (χ0) is 16.2. The minimum Gasteiger partial charge on any atom is -0.338 e. The van der Waals surface area contributed by atoms with Crippen molar-refractivity contribution in [3.05, 3.63) is 66.2 Å². The number of hydrogen-bond acceptors (Lipinski definition) is 4. The number of para-hydroxylation sites is 1. The molecule has 3 aromatic rings. The van der Waals surface area contributed by atoms with Crippen molar-refractivity contribution in [3.8, 4) is 11.3 Å². The van der Waals surface area contributed by atoms with Crippen LogP contribution in [0.4, 0.5) is 20.3 Å². The van der Waals surface area contributed by atoms with Crippen LogP contribution in [-0.2, 0) is 0 Å². The molecule has 1 aromatic heterocycles. The van der Waals surface area contributed by atoms with Gasteiger partial charge in [0.1, 0.15) is 17.5 Å². The summed E-state index contributed by atoms with van der Waals surface area (Å²) in [6.07, 6.45) is 1.83. The molecule has 2 aromatic carbocycles. The number of nitrogens with one attached hydrogen (secondary N) is 1. The minimum absolute atomic E-state index is 0.303. The molecule has 0 aliphatic carbocycles. The number of aromatic nitrogens is 2. The Balaban J connectivity index is 2.03. The van der Waals surface area contributed by atoms with Crippen molar-refractivity contribution >= 4 is 23.3 Å². The van der Waals surface area contributed by atoms with E-state index in [0.29, 0.717) is 27.9 Å². The molecule has 0 bridgehead atoms. The third-order valence-electron chi connectivity index (χ3n) is 3.17. The second kappa shape index (κ2) is 6.75. The molecule has 1 heterocycles. The molecule has 0 saturated carbocycles. The second-order valence-electron chi connectivity index (χ2n) is 4.71. The van der Waals surface area contributed by atoms with Gasteiger partial charge in [0.2, 0.25) is 0 Å². The van der Waals surface area contributed by atoms with Gasteiger partial charge in [-0.1, -0.05) is 36.0 Å². The summed E-state index contributed by atoms with van der Waals surface area (Å²) in [7, 11) is 0. The smallest absolute Gasteiger partial charge is 0.189 e. The summed E-state index contributed by atoms with van der Waals surface area (Å²) < 4.78 is 27.8. The number of hydrogen-bond donors (Lipinski definition) is 1. The lowest BCUT2D eigenvalue weighted by Gasteiger charge is -2.10. The number of thioether (sulfide) groups is 1. The first-order valence-electron chi connectivity index (χ1n) is 6.87. The molecule has 23 heavy (non-hydrogen) atoms. The maximum atomic E-state index is 14.0. The molecular weight excluding hydrogens is 316 g/mol. The maximum Gasteiger partial charge on any atom is 0.189 e. The van der Waals surface area contributed by atoms with E-state index in [1.165, 1.54) is 23.9 Å². The first kappa shape index (κ1) is 15.4. The third-order valence-corrected chi connectivity index (χ3v) is 3.72. The van der Waals surface area contributed by atoms with Crippen LogP contribution in [0.15, 0.2) is 59.8 Å². The molecule has 0 aliphatic heterocycles. The molecule has 0 aliphatic rings. The highest BCUT2D eigenvalue weighted by molar-refractivity contribution is 7.98. The second-order valence-corrected chi connectivity index (χ2v) is 5.48. The average molecular weight is 329 g/mol. The van der Waals surface area contributed by atoms with Crippen molar-refractivity contribution in [2.75, 3.05) is 11.6 Å². The summed E-state index contributed by atoms with van der Waals surface area (Å²) in [5.74, 6) is -0.341. The van der Waals surface area contributed by atoms with E-state index in [-0.39, 0.29) is 11.6 Å². The van der Waals surface area contributed by atoms with Crippen LogP contribution in [0.3, 0.4) is 0 Å². The normalized spacial score (nSPS) is 10.6. The Bertz CT molecular complexity index is 840. The fraction of sp³-hybridized carbons (Fsp3) is 0.0588. The Labute approximate surface area is 136 Å². The van der Waals surface area contributed by atoms with Crippen LogP contribution >= 0.6 is 11.8 Å². The zero-order valence-electron chi connectivity index (χ0n) is 12.3. The number of anilines is 2. The molecular formula is C17H13F2N3S. The minimum atomic E-state index is -0.385. The van der Waals surface area contributed by atoms with Gasteiger partial charge in [0.05, 0.1) is 11.4 Å². The highest BCUT2D eigenvalue weighted by Crippen LogP contribution is 2.27. The lowest BCUT2D eigenvalue weighted by atomic mass is 10.1. The third kappa shape index (κ3) is 3.48. The first-order chi connectivity index (χ1) is 11.2. The fourth-order valence-corrected chi connectivity index (χ4v) is 2.47. The molecule has 6 heteroatoms. The maximum absolute atomic E-state index is 14.0. The van der Waals surface area contributed by atoms with Gasteiger partial charge >= 0.3 is 0 Å². The highest BCUT2D eigenvalue weighted by Gasteiger charge is 2.11. The molecule has 0 saturated heterocycles. The summed E-state index contributed by atoms with van der Waals surface area (Å²) in [6, 6.07) is 14.3. The van der Waals surface area contributed by atoms with Crippen LogP contribution in [0.25, 0.3) is 11.3 Å². The van der Waals surface area contributed by atoms with Gasteiger partial charge in [-0.25, -0.2) is 18.7 Å². The zero-order valence-corrected chi connectivity index (χ0v) is 13.1. The van der Waals surface area contributed by atoms with E-state index in [0.717, 1.165) is 0 Å². The van der Waals surface area contributed by atoms with E-state index >= 15 is 0 Å². The number of halogens is 2. The number of rotatable bonds is 4. The van der Waals surface area contributed by atoms with Crippen LogP contribution in [0.1, 0.15) is 0 Å². The molecule has 0 fully saturated rings. The van der Waals surface area contributed by atoms with Crippen molar-refractivity contribution in [3.63, 3.8) is 0 Å². The quantitative estimate of drug-likeness (QED) is 0.546. The van der Waals surface area contributed by atoms with Crippen molar-refractivity contribution in [2.24, 2.45) is 0 Å². The Morgan fingerprint density at radius 2 is 1.61 bits per heavy atom. The van der Waals surface area contributed by atoms with Gasteiger partial charge in [-0.2, -0.15) is 0 Å². The van der Waals surface area contributed by atoms with Gasteiger partial charge in [0, 0.05) is 11.6 Å². The van der Waals surface area contributed by atoms with Gasteiger partial charge in [-0.3, -0.25) is 0 Å². The summed E-state index contributed by atoms with van der Waals surface area (Å²) in [6.45, 7) is 0. The first-order valence-corrected chi connectivity index (χ1v) is 8.09. The van der Waals surface area contributed by atoms with Crippen molar-refractivity contribution in [2.45, 2.75) is 5.16 Å². The molecule has 3 nitrogen and oxygen atoms in total. The van der Waals surface area contributed by atoms with E-state index < -0.39 is 0 Å². The van der Waals surface area contributed by atoms with Gasteiger partial charge in [-0.15, -0.1) is 0 Å². The average Bonchev–Trinajstić information content (AvgIpc) is 2.57. The van der Waals surface area contributed by atoms with Crippen molar-refractivity contribution < 1.29 is 8.78 Å². The predicted molar refractivity (Wildman–Crippen MR) is 88.9 cm³/mol. The van der Waals surface area contributed by atoms with Crippen LogP contribution in [0, 0.1) is 11.6 Å². The number of benzene rings is 2. The molecule has 0 unspecified atom stereocenters. The highest BCUT2D eigenvalue weighted by atomic mass is 32.2. The summed E-state index contributed by atoms with van der Waals surface area (Å²) in [5.41, 5.74) is 1.13. The van der Waals surface area contributed by atoms with Gasteiger partial charge in [0.25, 0.3) is 0 Å². The SMILES string of the molecule is CSc1nc(Nc2ccccc2F)cc(-c2ccccc2F)n1. The molecule has 1 N–H and O–H groups in total. The molecule has 0 radical (unpaired) electrons. The molecule has 3 rings (SSSR count). The summed E-state index contributed by atoms with van der Waals surface area (Å²) in [4.78, 5) is 8.62. The Morgan fingerprint density at radius 3 is 2.30 bits per heavy atom. The standard InChI is InChI=1S/C17H13F2N3S/c1-23-17-21-15(11-6-2-3-7-12(11)18)10-16(22-17)20-14-9-5-4-8-13(14)19/h2-10H,1H3,(H,20,21,22). The Kier molecular flexibility index (Phi) is 4.52. The lowest BCUT2D eigenvalue weighted by molar-refractivity contribution is 0.630. The van der Waals surface area contributed by atoms with E-state index in [1.54, 1.807) is 42.5 Å². The Hall–Kier alpha value is -2.47. The largest absolute Gasteiger partial charge is 0.338 e. The molecule has 0 amide bonds. The number of nitrogens with zero attached hydrogens (tertiary/aromatic N) is 2. The predicted octanol–water partition coefficient (Wildman–Crippen LogP) is 4.89. The van der Waals surface area contributed by atoms with Gasteiger partial charge in [0.15, 0.2) is 5.16 Å². The van der Waals surface area contributed by atoms with Crippen LogP contribution in [0.5, 0.6) is 0 Å². The van der Waals surface area contributed by atoms with E-state index in [1.807, 2.05) is 6.26 Å². The Morgan fingerprint density at radius 1 is 0.913 bits per heavy atom. The van der Waals surface area contributed by atoms with Crippen LogP contribution < -0.4 is 5.32 Å². The van der Waals surface area contributed by atoms with E-state index in [9.17, 15) is 8.78 Å². The molecule has 0 atom stereocenters. The summed E-state index contributed by atoms with van der Waals surface area (Å²) in [5, 5.41) is 3.39. The lowest BCUT2D eigenvalue weighted by Crippen LogP contribution is -2.00. The van der Waals surface area contributed by atoms with E-state index in [2.05, 4.69) is 15.3 Å². The van der Waals surface area contributed by atoms with Crippen LogP contribution in [-0.4, -0.2) is 16.2 Å². The monoisotopic (exact) mass is 329 g/mol. The van der Waals surface area contributed by atoms with Crippen LogP contribution in [0.2, 0.25) is 0 Å². The molecule has 116 valence electrons.